The Morgan fingerprint density at radius 1 is 1.33 bits per heavy atom. The third-order valence-electron chi connectivity index (χ3n) is 2.74. The van der Waals surface area contributed by atoms with E-state index in [2.05, 4.69) is 0 Å². The molecule has 1 saturated heterocycles. The van der Waals surface area contributed by atoms with Gasteiger partial charge in [0, 0.05) is 10.6 Å². The molecule has 1 aromatic rings. The van der Waals surface area contributed by atoms with Crippen molar-refractivity contribution in [1.29, 1.82) is 0 Å². The zero-order valence-corrected chi connectivity index (χ0v) is 11.2. The van der Waals surface area contributed by atoms with Crippen molar-refractivity contribution < 1.29 is 19.0 Å². The molecule has 0 unspecified atom stereocenters. The Kier molecular flexibility index (Phi) is 3.61. The van der Waals surface area contributed by atoms with Gasteiger partial charge in [0.15, 0.2) is 11.9 Å². The Hall–Kier alpha value is -1.10. The summed E-state index contributed by atoms with van der Waals surface area (Å²) in [6.45, 7) is 3.50. The van der Waals surface area contributed by atoms with E-state index in [4.69, 9.17) is 25.8 Å². The lowest BCUT2D eigenvalue weighted by Gasteiger charge is -2.17. The summed E-state index contributed by atoms with van der Waals surface area (Å²) in [4.78, 5) is 11.7. The second-order valence-corrected chi connectivity index (χ2v) is 4.93. The monoisotopic (exact) mass is 270 g/mol. The lowest BCUT2D eigenvalue weighted by atomic mass is 10.0. The minimum Gasteiger partial charge on any atom is -0.467 e. The lowest BCUT2D eigenvalue weighted by Crippen LogP contribution is -2.29. The molecule has 0 amide bonds. The molecule has 1 aromatic carbocycles. The molecule has 0 saturated carbocycles. The van der Waals surface area contributed by atoms with E-state index in [1.807, 2.05) is 18.2 Å². The molecule has 98 valence electrons. The number of hydrogen-bond donors (Lipinski definition) is 0. The summed E-state index contributed by atoms with van der Waals surface area (Å²) < 4.78 is 16.0. The highest BCUT2D eigenvalue weighted by molar-refractivity contribution is 6.31. The second-order valence-electron chi connectivity index (χ2n) is 4.52. The first kappa shape index (κ1) is 13.3. The maximum absolute atomic E-state index is 11.7. The number of halogens is 1. The van der Waals surface area contributed by atoms with Crippen LogP contribution in [0, 0.1) is 0 Å². The van der Waals surface area contributed by atoms with E-state index in [9.17, 15) is 4.79 Å². The van der Waals surface area contributed by atoms with E-state index in [0.717, 1.165) is 5.56 Å². The van der Waals surface area contributed by atoms with E-state index >= 15 is 0 Å². The van der Waals surface area contributed by atoms with Crippen LogP contribution in [0.2, 0.25) is 5.02 Å². The van der Waals surface area contributed by atoms with Crippen LogP contribution < -0.4 is 0 Å². The summed E-state index contributed by atoms with van der Waals surface area (Å²) in [5.41, 5.74) is 0.722. The van der Waals surface area contributed by atoms with Gasteiger partial charge in [0.25, 0.3) is 0 Å². The molecule has 18 heavy (non-hydrogen) atoms. The molecule has 1 aliphatic rings. The number of ether oxygens (including phenoxy) is 3. The Bertz CT molecular complexity index is 458. The average molecular weight is 271 g/mol. The largest absolute Gasteiger partial charge is 0.467 e. The fourth-order valence-corrected chi connectivity index (χ4v) is 2.23. The zero-order chi connectivity index (χ0) is 13.3. The third kappa shape index (κ3) is 2.51. The molecule has 0 aliphatic carbocycles. The molecular formula is C13H15ClO4. The minimum absolute atomic E-state index is 0.467. The van der Waals surface area contributed by atoms with Gasteiger partial charge >= 0.3 is 5.97 Å². The van der Waals surface area contributed by atoms with Crippen molar-refractivity contribution in [2.24, 2.45) is 0 Å². The fourth-order valence-electron chi connectivity index (χ4n) is 1.98. The highest BCUT2D eigenvalue weighted by Gasteiger charge is 2.47. The first-order valence-electron chi connectivity index (χ1n) is 5.62. The van der Waals surface area contributed by atoms with Crippen molar-refractivity contribution in [2.75, 3.05) is 7.11 Å². The van der Waals surface area contributed by atoms with E-state index in [1.165, 1.54) is 7.11 Å². The van der Waals surface area contributed by atoms with Crippen molar-refractivity contribution in [1.82, 2.24) is 0 Å². The summed E-state index contributed by atoms with van der Waals surface area (Å²) in [6, 6.07) is 7.22. The number of carbonyl (C=O) groups is 1. The van der Waals surface area contributed by atoms with Gasteiger partial charge in [-0.3, -0.25) is 0 Å². The van der Waals surface area contributed by atoms with Gasteiger partial charge in [0.05, 0.1) is 7.11 Å². The molecule has 1 aliphatic heterocycles. The van der Waals surface area contributed by atoms with Crippen LogP contribution in [-0.4, -0.2) is 25.0 Å². The van der Waals surface area contributed by atoms with Crippen LogP contribution in [-0.2, 0) is 19.0 Å². The Labute approximate surface area is 111 Å². The quantitative estimate of drug-likeness (QED) is 0.775. The maximum atomic E-state index is 11.7. The molecule has 2 atom stereocenters. The number of rotatable bonds is 2. The standard InChI is InChI=1S/C13H15ClO4/c1-13(2)17-10(11(18-13)12(15)16-3)8-6-4-5-7-9(8)14/h4-7,10-11H,1-3H3/t10-,11-/m0/s1. The SMILES string of the molecule is COC(=O)[C@H]1OC(C)(C)O[C@H]1c1ccccc1Cl. The van der Waals surface area contributed by atoms with Crippen LogP contribution in [0.1, 0.15) is 25.5 Å². The van der Waals surface area contributed by atoms with E-state index < -0.39 is 24.0 Å². The molecule has 5 heteroatoms. The van der Waals surface area contributed by atoms with Gasteiger partial charge in [0.1, 0.15) is 6.10 Å². The predicted octanol–water partition coefficient (Wildman–Crippen LogP) is 2.71. The van der Waals surface area contributed by atoms with Gasteiger partial charge in [-0.25, -0.2) is 4.79 Å². The van der Waals surface area contributed by atoms with Crippen molar-refractivity contribution in [2.45, 2.75) is 31.8 Å². The topological polar surface area (TPSA) is 44.8 Å². The molecule has 1 fully saturated rings. The molecule has 0 spiro atoms. The summed E-state index contributed by atoms with van der Waals surface area (Å²) in [6.07, 6.45) is -1.36. The third-order valence-corrected chi connectivity index (χ3v) is 3.09. The van der Waals surface area contributed by atoms with Crippen LogP contribution in [0.5, 0.6) is 0 Å². The highest BCUT2D eigenvalue weighted by Crippen LogP contribution is 2.40. The number of methoxy groups -OCH3 is 1. The second kappa shape index (κ2) is 4.88. The molecule has 2 rings (SSSR count). The lowest BCUT2D eigenvalue weighted by molar-refractivity contribution is -0.168. The maximum Gasteiger partial charge on any atom is 0.338 e. The van der Waals surface area contributed by atoms with Gasteiger partial charge in [-0.15, -0.1) is 0 Å². The predicted molar refractivity (Wildman–Crippen MR) is 66.2 cm³/mol. The first-order valence-corrected chi connectivity index (χ1v) is 6.00. The van der Waals surface area contributed by atoms with Crippen molar-refractivity contribution in [3.05, 3.63) is 34.9 Å². The number of esters is 1. The van der Waals surface area contributed by atoms with Gasteiger partial charge in [-0.05, 0) is 19.9 Å². The van der Waals surface area contributed by atoms with E-state index in [0.29, 0.717) is 5.02 Å². The normalized spacial score (nSPS) is 26.0. The molecule has 0 aromatic heterocycles. The van der Waals surface area contributed by atoms with Gasteiger partial charge in [0.2, 0.25) is 0 Å². The van der Waals surface area contributed by atoms with Crippen LogP contribution in [0.4, 0.5) is 0 Å². The van der Waals surface area contributed by atoms with Crippen molar-refractivity contribution >= 4 is 17.6 Å². The van der Waals surface area contributed by atoms with Crippen LogP contribution in [0.25, 0.3) is 0 Å². The van der Waals surface area contributed by atoms with E-state index in [-0.39, 0.29) is 0 Å². The number of hydrogen-bond acceptors (Lipinski definition) is 4. The van der Waals surface area contributed by atoms with Gasteiger partial charge in [-0.1, -0.05) is 29.8 Å². The smallest absolute Gasteiger partial charge is 0.338 e. The summed E-state index contributed by atoms with van der Waals surface area (Å²) in [7, 11) is 1.32. The van der Waals surface area contributed by atoms with Gasteiger partial charge in [-0.2, -0.15) is 0 Å². The number of benzene rings is 1. The zero-order valence-electron chi connectivity index (χ0n) is 10.5. The molecule has 0 radical (unpaired) electrons. The van der Waals surface area contributed by atoms with Crippen LogP contribution >= 0.6 is 11.6 Å². The molecule has 4 nitrogen and oxygen atoms in total. The van der Waals surface area contributed by atoms with Crippen molar-refractivity contribution in [3.63, 3.8) is 0 Å². The Morgan fingerprint density at radius 2 is 2.00 bits per heavy atom. The molecule has 1 heterocycles. The van der Waals surface area contributed by atoms with E-state index in [1.54, 1.807) is 19.9 Å². The Balaban J connectivity index is 2.35. The minimum atomic E-state index is -0.845. The molecular weight excluding hydrogens is 256 g/mol. The summed E-state index contributed by atoms with van der Waals surface area (Å²) in [5.74, 6) is -1.31. The van der Waals surface area contributed by atoms with Crippen molar-refractivity contribution in [3.8, 4) is 0 Å². The molecule has 0 N–H and O–H groups in total. The summed E-state index contributed by atoms with van der Waals surface area (Å²) in [5, 5.41) is 0.540. The average Bonchev–Trinajstić information content (AvgIpc) is 2.65. The Morgan fingerprint density at radius 3 is 2.61 bits per heavy atom. The first-order chi connectivity index (χ1) is 8.44. The van der Waals surface area contributed by atoms with Gasteiger partial charge < -0.3 is 14.2 Å². The fraction of sp³-hybridized carbons (Fsp3) is 0.462. The van der Waals surface area contributed by atoms with Crippen LogP contribution in [0.15, 0.2) is 24.3 Å². The highest BCUT2D eigenvalue weighted by atomic mass is 35.5. The molecule has 0 bridgehead atoms. The van der Waals surface area contributed by atoms with Crippen LogP contribution in [0.3, 0.4) is 0 Å². The summed E-state index contributed by atoms with van der Waals surface area (Å²) >= 11 is 6.12. The number of carbonyl (C=O) groups excluding carboxylic acids is 1.